The molecule has 0 aliphatic rings. The molecule has 0 amide bonds. The van der Waals surface area contributed by atoms with Gasteiger partial charge in [0.2, 0.25) is 0 Å². The molecule has 70 valence electrons. The Kier molecular flexibility index (Phi) is 2.33. The molecule has 0 atom stereocenters. The fourth-order valence-corrected chi connectivity index (χ4v) is 1.43. The van der Waals surface area contributed by atoms with E-state index in [1.165, 1.54) is 6.20 Å². The average molecular weight is 207 g/mol. The summed E-state index contributed by atoms with van der Waals surface area (Å²) >= 11 is 5.85. The summed E-state index contributed by atoms with van der Waals surface area (Å²) in [6.07, 6.45) is 1.22. The number of rotatable bonds is 1. The lowest BCUT2D eigenvalue weighted by atomic mass is 10.2. The van der Waals surface area contributed by atoms with Gasteiger partial charge in [-0.25, -0.2) is 4.98 Å². The van der Waals surface area contributed by atoms with E-state index in [-0.39, 0.29) is 10.7 Å². The Morgan fingerprint density at radius 2 is 1.93 bits per heavy atom. The van der Waals surface area contributed by atoms with Gasteiger partial charge in [-0.3, -0.25) is 4.79 Å². The molecule has 0 bridgehead atoms. The fourth-order valence-electron chi connectivity index (χ4n) is 1.18. The van der Waals surface area contributed by atoms with Crippen molar-refractivity contribution in [2.75, 3.05) is 0 Å². The molecular formula is C10H7ClN2O. The Morgan fingerprint density at radius 3 is 2.57 bits per heavy atom. The van der Waals surface area contributed by atoms with Crippen molar-refractivity contribution in [2.24, 2.45) is 0 Å². The highest BCUT2D eigenvalue weighted by atomic mass is 35.5. The van der Waals surface area contributed by atoms with Crippen LogP contribution >= 0.6 is 11.6 Å². The van der Waals surface area contributed by atoms with Gasteiger partial charge >= 0.3 is 0 Å². The molecule has 4 heteroatoms. The number of hydrogen-bond donors (Lipinski definition) is 1. The van der Waals surface area contributed by atoms with Crippen LogP contribution in [0.1, 0.15) is 0 Å². The van der Waals surface area contributed by atoms with E-state index in [2.05, 4.69) is 9.97 Å². The van der Waals surface area contributed by atoms with Crippen LogP contribution in [0.25, 0.3) is 11.3 Å². The third-order valence-corrected chi connectivity index (χ3v) is 2.07. The van der Waals surface area contributed by atoms with E-state index in [0.29, 0.717) is 5.69 Å². The number of aromatic nitrogens is 2. The Labute approximate surface area is 85.4 Å². The van der Waals surface area contributed by atoms with Gasteiger partial charge in [-0.05, 0) is 0 Å². The molecule has 1 N–H and O–H groups in total. The Balaban J connectivity index is 2.58. The second-order valence-corrected chi connectivity index (χ2v) is 3.15. The van der Waals surface area contributed by atoms with Gasteiger partial charge in [0, 0.05) is 5.56 Å². The zero-order valence-electron chi connectivity index (χ0n) is 7.20. The lowest BCUT2D eigenvalue weighted by Gasteiger charge is -2.01. The second-order valence-electron chi connectivity index (χ2n) is 2.78. The van der Waals surface area contributed by atoms with Crippen LogP contribution in [-0.2, 0) is 0 Å². The van der Waals surface area contributed by atoms with Crippen molar-refractivity contribution in [3.63, 3.8) is 0 Å². The predicted molar refractivity (Wildman–Crippen MR) is 55.3 cm³/mol. The minimum Gasteiger partial charge on any atom is -0.310 e. The Bertz CT molecular complexity index is 493. The van der Waals surface area contributed by atoms with Crippen molar-refractivity contribution in [1.29, 1.82) is 0 Å². The van der Waals surface area contributed by atoms with E-state index in [4.69, 9.17) is 11.6 Å². The van der Waals surface area contributed by atoms with Crippen molar-refractivity contribution < 1.29 is 0 Å². The maximum atomic E-state index is 10.9. The van der Waals surface area contributed by atoms with Crippen LogP contribution in [0.15, 0.2) is 41.3 Å². The molecule has 0 unspecified atom stereocenters. The minimum absolute atomic E-state index is 0.267. The summed E-state index contributed by atoms with van der Waals surface area (Å²) in [4.78, 5) is 17.3. The maximum Gasteiger partial charge on any atom is 0.267 e. The van der Waals surface area contributed by atoms with Crippen molar-refractivity contribution in [3.05, 3.63) is 52.0 Å². The second kappa shape index (κ2) is 3.64. The molecule has 0 saturated heterocycles. The summed E-state index contributed by atoms with van der Waals surface area (Å²) in [6.45, 7) is 0. The molecule has 1 aromatic carbocycles. The van der Waals surface area contributed by atoms with Gasteiger partial charge in [0.15, 0.2) is 0 Å². The van der Waals surface area contributed by atoms with Crippen LogP contribution in [0.4, 0.5) is 0 Å². The number of nitrogens with one attached hydrogen (secondary N) is 1. The first-order valence-corrected chi connectivity index (χ1v) is 4.45. The minimum atomic E-state index is -0.297. The van der Waals surface area contributed by atoms with E-state index in [0.717, 1.165) is 5.56 Å². The molecular weight excluding hydrogens is 200 g/mol. The quantitative estimate of drug-likeness (QED) is 0.777. The molecule has 3 nitrogen and oxygen atoms in total. The molecule has 14 heavy (non-hydrogen) atoms. The Hall–Kier alpha value is -1.61. The topological polar surface area (TPSA) is 45.8 Å². The molecule has 2 aromatic rings. The van der Waals surface area contributed by atoms with Crippen molar-refractivity contribution in [1.82, 2.24) is 9.97 Å². The van der Waals surface area contributed by atoms with Crippen molar-refractivity contribution >= 4 is 11.6 Å². The predicted octanol–water partition coefficient (Wildman–Crippen LogP) is 2.09. The Morgan fingerprint density at radius 1 is 1.21 bits per heavy atom. The van der Waals surface area contributed by atoms with Crippen LogP contribution in [-0.4, -0.2) is 9.97 Å². The monoisotopic (exact) mass is 206 g/mol. The van der Waals surface area contributed by atoms with E-state index in [9.17, 15) is 4.79 Å². The van der Waals surface area contributed by atoms with E-state index in [1.807, 2.05) is 30.3 Å². The van der Waals surface area contributed by atoms with Crippen LogP contribution in [0, 0.1) is 0 Å². The van der Waals surface area contributed by atoms with Gasteiger partial charge in [-0.15, -0.1) is 0 Å². The average Bonchev–Trinajstić information content (AvgIpc) is 2.19. The number of halogens is 1. The summed E-state index contributed by atoms with van der Waals surface area (Å²) in [5, 5.41) is 0.267. The molecule has 0 radical (unpaired) electrons. The zero-order chi connectivity index (χ0) is 9.97. The van der Waals surface area contributed by atoms with Gasteiger partial charge in [-0.2, -0.15) is 0 Å². The highest BCUT2D eigenvalue weighted by molar-refractivity contribution is 6.31. The number of H-pyrrole nitrogens is 1. The standard InChI is InChI=1S/C10H7ClN2O/c11-10-9(12-6-8(14)13-10)7-4-2-1-3-5-7/h1-6H,(H,13,14). The van der Waals surface area contributed by atoms with Gasteiger partial charge in [0.05, 0.1) is 6.20 Å². The zero-order valence-corrected chi connectivity index (χ0v) is 7.95. The highest BCUT2D eigenvalue weighted by Crippen LogP contribution is 2.21. The summed E-state index contributed by atoms with van der Waals surface area (Å²) in [6, 6.07) is 9.44. The molecule has 0 spiro atoms. The third-order valence-electron chi connectivity index (χ3n) is 1.80. The van der Waals surface area contributed by atoms with Crippen LogP contribution in [0.2, 0.25) is 5.15 Å². The third kappa shape index (κ3) is 1.67. The molecule has 2 rings (SSSR count). The van der Waals surface area contributed by atoms with E-state index < -0.39 is 0 Å². The van der Waals surface area contributed by atoms with Gasteiger partial charge < -0.3 is 4.98 Å². The number of benzene rings is 1. The molecule has 1 aromatic heterocycles. The molecule has 1 heterocycles. The smallest absolute Gasteiger partial charge is 0.267 e. The lowest BCUT2D eigenvalue weighted by Crippen LogP contribution is -2.06. The SMILES string of the molecule is O=c1cnc(-c2ccccc2)c(Cl)[nH]1. The van der Waals surface area contributed by atoms with Crippen molar-refractivity contribution in [2.45, 2.75) is 0 Å². The normalized spacial score (nSPS) is 10.1. The maximum absolute atomic E-state index is 10.9. The molecule has 0 saturated carbocycles. The van der Waals surface area contributed by atoms with E-state index in [1.54, 1.807) is 0 Å². The van der Waals surface area contributed by atoms with Crippen LogP contribution in [0.3, 0.4) is 0 Å². The van der Waals surface area contributed by atoms with Gasteiger partial charge in [-0.1, -0.05) is 41.9 Å². The van der Waals surface area contributed by atoms with Gasteiger partial charge in [0.25, 0.3) is 5.56 Å². The summed E-state index contributed by atoms with van der Waals surface area (Å²) < 4.78 is 0. The molecule has 0 fully saturated rings. The largest absolute Gasteiger partial charge is 0.310 e. The fraction of sp³-hybridized carbons (Fsp3) is 0. The summed E-state index contributed by atoms with van der Waals surface area (Å²) in [5.74, 6) is 0. The van der Waals surface area contributed by atoms with Crippen LogP contribution in [0.5, 0.6) is 0 Å². The number of aromatic amines is 1. The summed E-state index contributed by atoms with van der Waals surface area (Å²) in [7, 11) is 0. The lowest BCUT2D eigenvalue weighted by molar-refractivity contribution is 1.14. The highest BCUT2D eigenvalue weighted by Gasteiger charge is 2.04. The first-order chi connectivity index (χ1) is 6.77. The molecule has 0 aliphatic carbocycles. The number of hydrogen-bond acceptors (Lipinski definition) is 2. The summed E-state index contributed by atoms with van der Waals surface area (Å²) in [5.41, 5.74) is 1.18. The van der Waals surface area contributed by atoms with E-state index >= 15 is 0 Å². The number of nitrogens with zero attached hydrogens (tertiary/aromatic N) is 1. The molecule has 0 aliphatic heterocycles. The van der Waals surface area contributed by atoms with Crippen LogP contribution < -0.4 is 5.56 Å². The first-order valence-electron chi connectivity index (χ1n) is 4.07. The van der Waals surface area contributed by atoms with Gasteiger partial charge in [0.1, 0.15) is 10.8 Å². The first kappa shape index (κ1) is 8.97. The van der Waals surface area contributed by atoms with Crippen molar-refractivity contribution in [3.8, 4) is 11.3 Å².